The SMILES string of the molecule is CC1(C)OB(c2ccc3c(c2)CN(c2ccc4ccccc4c2)CCN3)OC1(C)C. The van der Waals surface area contributed by atoms with Crippen LogP contribution >= 0.6 is 0 Å². The average Bonchev–Trinajstić information content (AvgIpc) is 2.86. The molecular formula is C25H29BN2O2. The minimum absolute atomic E-state index is 0.333. The summed E-state index contributed by atoms with van der Waals surface area (Å²) in [4.78, 5) is 2.44. The Bertz CT molecular complexity index is 1080. The highest BCUT2D eigenvalue weighted by molar-refractivity contribution is 6.62. The first-order valence-electron chi connectivity index (χ1n) is 10.8. The highest BCUT2D eigenvalue weighted by atomic mass is 16.7. The number of fused-ring (bicyclic) bond motifs is 2. The zero-order chi connectivity index (χ0) is 20.9. The van der Waals surface area contributed by atoms with Crippen LogP contribution < -0.4 is 15.7 Å². The van der Waals surface area contributed by atoms with Gasteiger partial charge < -0.3 is 19.5 Å². The molecule has 0 bridgehead atoms. The topological polar surface area (TPSA) is 33.7 Å². The van der Waals surface area contributed by atoms with Crippen molar-refractivity contribution in [3.8, 4) is 0 Å². The number of rotatable bonds is 2. The van der Waals surface area contributed by atoms with E-state index in [0.717, 1.165) is 25.1 Å². The molecule has 5 rings (SSSR count). The second kappa shape index (κ2) is 7.04. The minimum Gasteiger partial charge on any atom is -0.399 e. The number of anilines is 2. The van der Waals surface area contributed by atoms with E-state index in [1.54, 1.807) is 0 Å². The summed E-state index contributed by atoms with van der Waals surface area (Å²) in [6.45, 7) is 11.1. The van der Waals surface area contributed by atoms with Gasteiger partial charge in [0.25, 0.3) is 0 Å². The first-order chi connectivity index (χ1) is 14.3. The number of hydrogen-bond donors (Lipinski definition) is 1. The summed E-state index contributed by atoms with van der Waals surface area (Å²) in [7, 11) is -0.335. The smallest absolute Gasteiger partial charge is 0.399 e. The van der Waals surface area contributed by atoms with Gasteiger partial charge in [-0.2, -0.15) is 0 Å². The number of benzene rings is 3. The molecule has 2 heterocycles. The van der Waals surface area contributed by atoms with Crippen LogP contribution in [0, 0.1) is 0 Å². The Hall–Kier alpha value is -2.50. The predicted octanol–water partition coefficient (Wildman–Crippen LogP) is 4.57. The van der Waals surface area contributed by atoms with Gasteiger partial charge in [-0.25, -0.2) is 0 Å². The second-order valence-electron chi connectivity index (χ2n) is 9.38. The molecule has 0 atom stereocenters. The fraction of sp³-hybridized carbons (Fsp3) is 0.360. The van der Waals surface area contributed by atoms with Gasteiger partial charge in [0.1, 0.15) is 0 Å². The summed E-state index contributed by atoms with van der Waals surface area (Å²) in [6.07, 6.45) is 0. The lowest BCUT2D eigenvalue weighted by atomic mass is 9.78. The molecule has 5 heteroatoms. The zero-order valence-corrected chi connectivity index (χ0v) is 18.2. The van der Waals surface area contributed by atoms with Crippen LogP contribution in [-0.4, -0.2) is 31.4 Å². The maximum atomic E-state index is 6.28. The standard InChI is InChI=1S/C25H29BN2O2/c1-24(2)25(3,4)30-26(29-24)21-10-12-23-20(15-21)17-28(14-13-27-23)22-11-9-18-7-5-6-8-19(18)16-22/h5-12,15-16,27H,13-14,17H2,1-4H3. The summed E-state index contributed by atoms with van der Waals surface area (Å²) < 4.78 is 12.6. The zero-order valence-electron chi connectivity index (χ0n) is 18.2. The third kappa shape index (κ3) is 3.36. The highest BCUT2D eigenvalue weighted by Gasteiger charge is 2.51. The van der Waals surface area contributed by atoms with Crippen molar-refractivity contribution in [2.45, 2.75) is 45.4 Å². The normalized spacial score (nSPS) is 20.0. The van der Waals surface area contributed by atoms with Crippen LogP contribution in [0.1, 0.15) is 33.3 Å². The molecule has 30 heavy (non-hydrogen) atoms. The van der Waals surface area contributed by atoms with Gasteiger partial charge in [0, 0.05) is 31.0 Å². The highest BCUT2D eigenvalue weighted by Crippen LogP contribution is 2.37. The van der Waals surface area contributed by atoms with Gasteiger partial charge in [0.05, 0.1) is 11.2 Å². The Morgan fingerprint density at radius 1 is 0.867 bits per heavy atom. The lowest BCUT2D eigenvalue weighted by molar-refractivity contribution is 0.00578. The van der Waals surface area contributed by atoms with E-state index in [9.17, 15) is 0 Å². The molecule has 3 aromatic carbocycles. The van der Waals surface area contributed by atoms with Gasteiger partial charge in [-0.05, 0) is 67.7 Å². The lowest BCUT2D eigenvalue weighted by Gasteiger charge is -2.32. The predicted molar refractivity (Wildman–Crippen MR) is 126 cm³/mol. The van der Waals surface area contributed by atoms with E-state index in [1.165, 1.54) is 27.7 Å². The van der Waals surface area contributed by atoms with Crippen molar-refractivity contribution >= 4 is 34.7 Å². The number of hydrogen-bond acceptors (Lipinski definition) is 4. The van der Waals surface area contributed by atoms with Crippen molar-refractivity contribution in [3.63, 3.8) is 0 Å². The summed E-state index contributed by atoms with van der Waals surface area (Å²) >= 11 is 0. The number of nitrogens with one attached hydrogen (secondary N) is 1. The molecule has 0 aromatic heterocycles. The average molecular weight is 400 g/mol. The first-order valence-corrected chi connectivity index (χ1v) is 10.8. The second-order valence-corrected chi connectivity index (χ2v) is 9.38. The van der Waals surface area contributed by atoms with E-state index in [2.05, 4.69) is 98.6 Å². The van der Waals surface area contributed by atoms with Crippen LogP contribution in [0.15, 0.2) is 60.7 Å². The summed E-state index contributed by atoms with van der Waals surface area (Å²) in [5.74, 6) is 0. The number of nitrogens with zero attached hydrogens (tertiary/aromatic N) is 1. The van der Waals surface area contributed by atoms with Crippen molar-refractivity contribution in [1.82, 2.24) is 0 Å². The summed E-state index contributed by atoms with van der Waals surface area (Å²) in [6, 6.07) is 21.8. The lowest BCUT2D eigenvalue weighted by Crippen LogP contribution is -2.41. The molecule has 1 saturated heterocycles. The van der Waals surface area contributed by atoms with Crippen LogP contribution in [-0.2, 0) is 15.9 Å². The van der Waals surface area contributed by atoms with Gasteiger partial charge in [0.2, 0.25) is 0 Å². The largest absolute Gasteiger partial charge is 0.494 e. The third-order valence-electron chi connectivity index (χ3n) is 6.81. The van der Waals surface area contributed by atoms with Crippen molar-refractivity contribution < 1.29 is 9.31 Å². The minimum atomic E-state index is -0.335. The molecular weight excluding hydrogens is 371 g/mol. The van der Waals surface area contributed by atoms with Gasteiger partial charge >= 0.3 is 7.12 Å². The third-order valence-corrected chi connectivity index (χ3v) is 6.81. The van der Waals surface area contributed by atoms with E-state index in [4.69, 9.17) is 9.31 Å². The maximum Gasteiger partial charge on any atom is 0.494 e. The molecule has 0 spiro atoms. The molecule has 0 unspecified atom stereocenters. The van der Waals surface area contributed by atoms with Crippen molar-refractivity contribution in [3.05, 3.63) is 66.2 Å². The van der Waals surface area contributed by atoms with Gasteiger partial charge in [-0.3, -0.25) is 0 Å². The van der Waals surface area contributed by atoms with Crippen molar-refractivity contribution in [2.75, 3.05) is 23.3 Å². The Morgan fingerprint density at radius 3 is 2.37 bits per heavy atom. The summed E-state index contributed by atoms with van der Waals surface area (Å²) in [5.41, 5.74) is 4.13. The maximum absolute atomic E-state index is 6.28. The molecule has 3 aromatic rings. The van der Waals surface area contributed by atoms with E-state index >= 15 is 0 Å². The molecule has 2 aliphatic heterocycles. The fourth-order valence-electron chi connectivity index (χ4n) is 4.25. The van der Waals surface area contributed by atoms with Crippen molar-refractivity contribution in [2.24, 2.45) is 0 Å². The molecule has 4 nitrogen and oxygen atoms in total. The Labute approximate surface area is 179 Å². The molecule has 0 radical (unpaired) electrons. The Morgan fingerprint density at radius 2 is 1.60 bits per heavy atom. The molecule has 0 saturated carbocycles. The van der Waals surface area contributed by atoms with Crippen LogP contribution in [0.5, 0.6) is 0 Å². The quantitative estimate of drug-likeness (QED) is 0.639. The van der Waals surface area contributed by atoms with Crippen molar-refractivity contribution in [1.29, 1.82) is 0 Å². The van der Waals surface area contributed by atoms with E-state index in [1.807, 2.05) is 0 Å². The molecule has 2 aliphatic rings. The monoisotopic (exact) mass is 400 g/mol. The molecule has 0 amide bonds. The van der Waals surface area contributed by atoms with E-state index < -0.39 is 0 Å². The van der Waals surface area contributed by atoms with Crippen LogP contribution in [0.25, 0.3) is 10.8 Å². The molecule has 154 valence electrons. The molecule has 1 fully saturated rings. The summed E-state index contributed by atoms with van der Waals surface area (Å²) in [5, 5.41) is 6.14. The van der Waals surface area contributed by atoms with Gasteiger partial charge in [0.15, 0.2) is 0 Å². The Balaban J connectivity index is 1.44. The molecule has 0 aliphatic carbocycles. The van der Waals surface area contributed by atoms with E-state index in [0.29, 0.717) is 0 Å². The fourth-order valence-corrected chi connectivity index (χ4v) is 4.25. The van der Waals surface area contributed by atoms with Crippen LogP contribution in [0.4, 0.5) is 11.4 Å². The first kappa shape index (κ1) is 19.5. The Kier molecular flexibility index (Phi) is 4.57. The van der Waals surface area contributed by atoms with Crippen LogP contribution in [0.2, 0.25) is 0 Å². The van der Waals surface area contributed by atoms with Crippen LogP contribution in [0.3, 0.4) is 0 Å². The molecule has 1 N–H and O–H groups in total. The van der Waals surface area contributed by atoms with E-state index in [-0.39, 0.29) is 18.3 Å². The van der Waals surface area contributed by atoms with Gasteiger partial charge in [-0.15, -0.1) is 0 Å². The van der Waals surface area contributed by atoms with Gasteiger partial charge in [-0.1, -0.05) is 42.5 Å².